The molecule has 2 aromatic heterocycles. The molecule has 1 aromatic carbocycles. The molecule has 204 valence electrons. The van der Waals surface area contributed by atoms with Crippen molar-refractivity contribution in [1.82, 2.24) is 25.3 Å². The Morgan fingerprint density at radius 3 is 2.24 bits per heavy atom. The Labute approximate surface area is 223 Å². The summed E-state index contributed by atoms with van der Waals surface area (Å²) in [6.07, 6.45) is 5.56. The van der Waals surface area contributed by atoms with Crippen LogP contribution in [0, 0.1) is 0 Å². The quantitative estimate of drug-likeness (QED) is 0.156. The van der Waals surface area contributed by atoms with Gasteiger partial charge in [-0.1, -0.05) is 13.3 Å². The fraction of sp³-hybridized carbons (Fsp3) is 0.423. The molecule has 38 heavy (non-hydrogen) atoms. The Hall–Kier alpha value is -3.87. The summed E-state index contributed by atoms with van der Waals surface area (Å²) in [5, 5.41) is 12.5. The van der Waals surface area contributed by atoms with E-state index >= 15 is 0 Å². The third-order valence-electron chi connectivity index (χ3n) is 5.22. The Morgan fingerprint density at radius 2 is 1.53 bits per heavy atom. The fourth-order valence-electron chi connectivity index (χ4n) is 3.23. The van der Waals surface area contributed by atoms with Crippen molar-refractivity contribution in [3.05, 3.63) is 59.9 Å². The lowest BCUT2D eigenvalue weighted by molar-refractivity contribution is 0.0511. The van der Waals surface area contributed by atoms with Gasteiger partial charge in [0, 0.05) is 49.8 Å². The Morgan fingerprint density at radius 1 is 0.842 bits per heavy atom. The van der Waals surface area contributed by atoms with Gasteiger partial charge in [-0.3, -0.25) is 9.78 Å². The van der Waals surface area contributed by atoms with E-state index in [1.165, 1.54) is 0 Å². The molecule has 0 bridgehead atoms. The number of carbonyl (C=O) groups is 1. The molecule has 12 nitrogen and oxygen atoms in total. The van der Waals surface area contributed by atoms with Crippen LogP contribution in [0.3, 0.4) is 0 Å². The molecule has 3 rings (SSSR count). The van der Waals surface area contributed by atoms with Crippen molar-refractivity contribution in [3.63, 3.8) is 0 Å². The lowest BCUT2D eigenvalue weighted by Gasteiger charge is -2.12. The Kier molecular flexibility index (Phi) is 12.7. The number of hydrogen-bond donors (Lipinski definition) is 5. The fourth-order valence-corrected chi connectivity index (χ4v) is 3.23. The van der Waals surface area contributed by atoms with E-state index in [9.17, 15) is 4.79 Å². The molecule has 3 aromatic rings. The van der Waals surface area contributed by atoms with Gasteiger partial charge in [0.2, 0.25) is 17.8 Å². The van der Waals surface area contributed by atoms with Crippen molar-refractivity contribution in [3.8, 4) is 0 Å². The van der Waals surface area contributed by atoms with Crippen molar-refractivity contribution in [2.75, 3.05) is 62.0 Å². The highest BCUT2D eigenvalue weighted by Crippen LogP contribution is 2.17. The van der Waals surface area contributed by atoms with Gasteiger partial charge in [0.25, 0.3) is 5.91 Å². The lowest BCUT2D eigenvalue weighted by atomic mass is 10.2. The molecule has 0 fully saturated rings. The van der Waals surface area contributed by atoms with Crippen molar-refractivity contribution in [1.29, 1.82) is 0 Å². The molecule has 0 unspecified atom stereocenters. The zero-order chi connectivity index (χ0) is 26.8. The molecule has 0 saturated heterocycles. The van der Waals surface area contributed by atoms with E-state index in [4.69, 9.17) is 15.2 Å². The molecule has 6 N–H and O–H groups in total. The van der Waals surface area contributed by atoms with Crippen LogP contribution in [0.15, 0.2) is 48.8 Å². The van der Waals surface area contributed by atoms with Gasteiger partial charge in [0.1, 0.15) is 0 Å². The monoisotopic (exact) mass is 523 g/mol. The van der Waals surface area contributed by atoms with E-state index in [1.54, 1.807) is 36.7 Å². The number of amides is 1. The predicted molar refractivity (Wildman–Crippen MR) is 148 cm³/mol. The van der Waals surface area contributed by atoms with Crippen LogP contribution in [0.4, 0.5) is 23.5 Å². The molecule has 0 radical (unpaired) electrons. The van der Waals surface area contributed by atoms with Gasteiger partial charge in [0.05, 0.1) is 26.4 Å². The molecule has 1 amide bonds. The first kappa shape index (κ1) is 28.7. The number of nitrogens with zero attached hydrogens (tertiary/aromatic N) is 4. The van der Waals surface area contributed by atoms with Crippen LogP contribution in [0.2, 0.25) is 0 Å². The van der Waals surface area contributed by atoms with Gasteiger partial charge in [-0.2, -0.15) is 15.0 Å². The van der Waals surface area contributed by atoms with Crippen LogP contribution < -0.4 is 27.0 Å². The third-order valence-corrected chi connectivity index (χ3v) is 5.22. The molecule has 2 heterocycles. The average Bonchev–Trinajstić information content (AvgIpc) is 2.94. The molecule has 0 aliphatic heterocycles. The van der Waals surface area contributed by atoms with Crippen molar-refractivity contribution in [2.24, 2.45) is 5.73 Å². The number of ether oxygens (including phenoxy) is 2. The van der Waals surface area contributed by atoms with Gasteiger partial charge >= 0.3 is 0 Å². The number of hydrogen-bond acceptors (Lipinski definition) is 11. The number of benzene rings is 1. The molecule has 0 atom stereocenters. The predicted octanol–water partition coefficient (Wildman–Crippen LogP) is 2.56. The molecular formula is C26H37N9O3. The number of anilines is 4. The second kappa shape index (κ2) is 16.8. The van der Waals surface area contributed by atoms with E-state index in [2.05, 4.69) is 48.1 Å². The maximum Gasteiger partial charge on any atom is 0.251 e. The maximum absolute atomic E-state index is 12.4. The first-order valence-corrected chi connectivity index (χ1v) is 12.8. The summed E-state index contributed by atoms with van der Waals surface area (Å²) in [6, 6.07) is 10.9. The smallest absolute Gasteiger partial charge is 0.251 e. The standard InChI is InChI=1S/C26H37N9O3/c1-2-3-11-30-24-33-25(31-19-20-8-12-28-13-9-20)35-26(34-24)32-22-6-4-21(5-7-22)23(36)29-14-16-38-18-17-37-15-10-27/h4-9,12-13H,2-3,10-11,14-19,27H2,1H3,(H,29,36)(H3,30,31,32,33,34,35). The number of aromatic nitrogens is 4. The molecular weight excluding hydrogens is 486 g/mol. The van der Waals surface area contributed by atoms with Crippen LogP contribution in [-0.2, 0) is 16.0 Å². The minimum Gasteiger partial charge on any atom is -0.378 e. The van der Waals surface area contributed by atoms with Crippen molar-refractivity contribution < 1.29 is 14.3 Å². The van der Waals surface area contributed by atoms with Crippen LogP contribution in [0.25, 0.3) is 0 Å². The van der Waals surface area contributed by atoms with Crippen LogP contribution in [0.1, 0.15) is 35.7 Å². The van der Waals surface area contributed by atoms with Crippen molar-refractivity contribution in [2.45, 2.75) is 26.3 Å². The van der Waals surface area contributed by atoms with Crippen LogP contribution >= 0.6 is 0 Å². The summed E-state index contributed by atoms with van der Waals surface area (Å²) >= 11 is 0. The second-order valence-electron chi connectivity index (χ2n) is 8.27. The van der Waals surface area contributed by atoms with E-state index in [0.29, 0.717) is 69.5 Å². The summed E-state index contributed by atoms with van der Waals surface area (Å²) in [7, 11) is 0. The van der Waals surface area contributed by atoms with E-state index in [1.807, 2.05) is 12.1 Å². The minimum absolute atomic E-state index is 0.176. The summed E-state index contributed by atoms with van der Waals surface area (Å²) in [4.78, 5) is 29.9. The molecule has 0 saturated carbocycles. The number of carbonyl (C=O) groups excluding carboxylic acids is 1. The minimum atomic E-state index is -0.176. The summed E-state index contributed by atoms with van der Waals surface area (Å²) in [6.45, 7) is 6.21. The second-order valence-corrected chi connectivity index (χ2v) is 8.27. The normalized spacial score (nSPS) is 10.7. The number of rotatable bonds is 18. The summed E-state index contributed by atoms with van der Waals surface area (Å²) in [5.41, 5.74) is 7.70. The molecule has 0 aliphatic carbocycles. The lowest BCUT2D eigenvalue weighted by Crippen LogP contribution is -2.27. The highest BCUT2D eigenvalue weighted by atomic mass is 16.5. The van der Waals surface area contributed by atoms with E-state index in [0.717, 1.165) is 30.6 Å². The highest BCUT2D eigenvalue weighted by Gasteiger charge is 2.09. The summed E-state index contributed by atoms with van der Waals surface area (Å²) < 4.78 is 10.7. The number of nitrogens with two attached hydrogens (primary N) is 1. The summed E-state index contributed by atoms with van der Waals surface area (Å²) in [5.74, 6) is 1.14. The molecule has 0 aliphatic rings. The largest absolute Gasteiger partial charge is 0.378 e. The number of nitrogens with one attached hydrogen (secondary N) is 4. The number of unbranched alkanes of at least 4 members (excludes halogenated alkanes) is 1. The van der Waals surface area contributed by atoms with Gasteiger partial charge in [-0.15, -0.1) is 0 Å². The maximum atomic E-state index is 12.4. The van der Waals surface area contributed by atoms with Gasteiger partial charge in [-0.25, -0.2) is 0 Å². The van der Waals surface area contributed by atoms with Crippen LogP contribution in [-0.4, -0.2) is 71.9 Å². The van der Waals surface area contributed by atoms with E-state index in [-0.39, 0.29) is 5.91 Å². The van der Waals surface area contributed by atoms with E-state index < -0.39 is 0 Å². The zero-order valence-corrected chi connectivity index (χ0v) is 21.8. The first-order chi connectivity index (χ1) is 18.7. The average molecular weight is 524 g/mol. The van der Waals surface area contributed by atoms with Crippen LogP contribution in [0.5, 0.6) is 0 Å². The Balaban J connectivity index is 1.54. The third kappa shape index (κ3) is 10.6. The first-order valence-electron chi connectivity index (χ1n) is 12.8. The van der Waals surface area contributed by atoms with Gasteiger partial charge in [-0.05, 0) is 48.4 Å². The topological polar surface area (TPSA) is 161 Å². The van der Waals surface area contributed by atoms with Crippen molar-refractivity contribution >= 4 is 29.4 Å². The zero-order valence-electron chi connectivity index (χ0n) is 21.8. The SMILES string of the molecule is CCCCNc1nc(NCc2ccncc2)nc(Nc2ccc(C(=O)NCCOCCOCCN)cc2)n1. The molecule has 0 spiro atoms. The number of pyridine rings is 1. The van der Waals surface area contributed by atoms with Gasteiger partial charge < -0.3 is 36.5 Å². The Bertz CT molecular complexity index is 1090. The van der Waals surface area contributed by atoms with Gasteiger partial charge in [0.15, 0.2) is 0 Å². The molecule has 12 heteroatoms. The highest BCUT2D eigenvalue weighted by molar-refractivity contribution is 5.94.